The van der Waals surface area contributed by atoms with Gasteiger partial charge in [-0.25, -0.2) is 0 Å². The molecule has 3 aliphatic heterocycles. The number of rotatable bonds is 8. The Morgan fingerprint density at radius 1 is 0.750 bits per heavy atom. The Hall–Kier alpha value is -0.560. The van der Waals surface area contributed by atoms with E-state index in [1.165, 1.54) is 7.11 Å². The Balaban J connectivity index is 1.15. The maximum atomic E-state index is 12.2. The summed E-state index contributed by atoms with van der Waals surface area (Å²) in [5, 5.41) is 87.1. The van der Waals surface area contributed by atoms with Crippen molar-refractivity contribution in [2.45, 2.75) is 197 Å². The number of fused-ring (bicyclic) bond motifs is 2. The molecule has 0 unspecified atom stereocenters. The van der Waals surface area contributed by atoms with Crippen molar-refractivity contribution in [2.24, 2.45) is 44.8 Å². The van der Waals surface area contributed by atoms with E-state index in [0.29, 0.717) is 19.3 Å². The molecule has 0 aromatic carbocycles. The molecular formula is C42H70O14. The van der Waals surface area contributed by atoms with Crippen LogP contribution in [0.1, 0.15) is 106 Å². The van der Waals surface area contributed by atoms with Gasteiger partial charge in [0.15, 0.2) is 12.6 Å². The minimum absolute atomic E-state index is 0.0399. The highest BCUT2D eigenvalue weighted by Gasteiger charge is 2.85. The van der Waals surface area contributed by atoms with E-state index in [1.807, 2.05) is 0 Å². The largest absolute Gasteiger partial charge is 0.394 e. The molecule has 21 atom stereocenters. The summed E-state index contributed by atoms with van der Waals surface area (Å²) in [5.41, 5.74) is -3.00. The Bertz CT molecular complexity index is 1470. The normalized spacial score (nSPS) is 57.9. The summed E-state index contributed by atoms with van der Waals surface area (Å²) in [6.45, 7) is 14.1. The second-order valence-corrected chi connectivity index (χ2v) is 21.3. The minimum Gasteiger partial charge on any atom is -0.394 e. The molecule has 14 nitrogen and oxygen atoms in total. The van der Waals surface area contributed by atoms with Crippen molar-refractivity contribution in [3.63, 3.8) is 0 Å². The Kier molecular flexibility index (Phi) is 10.3. The van der Waals surface area contributed by atoms with E-state index < -0.39 is 90.7 Å². The zero-order valence-corrected chi connectivity index (χ0v) is 34.5. The molecule has 3 saturated heterocycles. The van der Waals surface area contributed by atoms with Gasteiger partial charge in [-0.05, 0) is 117 Å². The lowest BCUT2D eigenvalue weighted by Crippen LogP contribution is -2.65. The van der Waals surface area contributed by atoms with E-state index in [1.54, 1.807) is 13.8 Å². The summed E-state index contributed by atoms with van der Waals surface area (Å²) in [7, 11) is 1.46. The molecule has 0 radical (unpaired) electrons. The van der Waals surface area contributed by atoms with Crippen LogP contribution in [0.5, 0.6) is 0 Å². The van der Waals surface area contributed by atoms with Crippen molar-refractivity contribution >= 4 is 0 Å². The third kappa shape index (κ3) is 5.78. The summed E-state index contributed by atoms with van der Waals surface area (Å²) < 4.78 is 38.0. The molecule has 8 fully saturated rings. The molecule has 0 bridgehead atoms. The molecular weight excluding hydrogens is 728 g/mol. The molecule has 8 rings (SSSR count). The van der Waals surface area contributed by atoms with E-state index in [4.69, 9.17) is 28.4 Å². The molecule has 14 heteroatoms. The van der Waals surface area contributed by atoms with Gasteiger partial charge in [0.05, 0.1) is 48.8 Å². The van der Waals surface area contributed by atoms with E-state index in [9.17, 15) is 40.9 Å². The summed E-state index contributed by atoms with van der Waals surface area (Å²) in [4.78, 5) is 0. The lowest BCUT2D eigenvalue weighted by molar-refractivity contribution is -0.339. The molecule has 56 heavy (non-hydrogen) atoms. The van der Waals surface area contributed by atoms with Gasteiger partial charge in [-0.15, -0.1) is 0 Å². The third-order valence-electron chi connectivity index (χ3n) is 17.9. The van der Waals surface area contributed by atoms with Crippen LogP contribution in [0.3, 0.4) is 0 Å². The molecule has 8 aliphatic rings. The number of aliphatic hydroxyl groups excluding tert-OH is 7. The van der Waals surface area contributed by atoms with Gasteiger partial charge in [-0.2, -0.15) is 0 Å². The molecule has 8 N–H and O–H groups in total. The van der Waals surface area contributed by atoms with Gasteiger partial charge in [0.1, 0.15) is 42.7 Å². The maximum absolute atomic E-state index is 12.2. The predicted octanol–water partition coefficient (Wildman–Crippen LogP) is 1.38. The zero-order chi connectivity index (χ0) is 40.8. The average molecular weight is 799 g/mol. The van der Waals surface area contributed by atoms with Gasteiger partial charge in [0.2, 0.25) is 0 Å². The summed E-state index contributed by atoms with van der Waals surface area (Å²) >= 11 is 0. The number of hydrogen-bond acceptors (Lipinski definition) is 14. The molecule has 5 aliphatic carbocycles. The Morgan fingerprint density at radius 2 is 1.46 bits per heavy atom. The van der Waals surface area contributed by atoms with E-state index >= 15 is 0 Å². The van der Waals surface area contributed by atoms with Crippen molar-refractivity contribution in [3.05, 3.63) is 0 Å². The fraction of sp³-hybridized carbons (Fsp3) is 1.00. The lowest BCUT2D eigenvalue weighted by Gasteiger charge is -2.65. The highest BCUT2D eigenvalue weighted by molar-refractivity contribution is 5.33. The van der Waals surface area contributed by atoms with E-state index in [2.05, 4.69) is 34.6 Å². The van der Waals surface area contributed by atoms with Gasteiger partial charge in [-0.1, -0.05) is 27.7 Å². The highest BCUT2D eigenvalue weighted by Crippen LogP contribution is 2.89. The smallest absolute Gasteiger partial charge is 0.186 e. The molecule has 2 spiro atoms. The lowest BCUT2D eigenvalue weighted by atomic mass is 9.41. The van der Waals surface area contributed by atoms with Crippen molar-refractivity contribution < 1.29 is 69.3 Å². The van der Waals surface area contributed by atoms with Crippen molar-refractivity contribution in [2.75, 3.05) is 20.3 Å². The molecule has 322 valence electrons. The monoisotopic (exact) mass is 798 g/mol. The second kappa shape index (κ2) is 13.7. The van der Waals surface area contributed by atoms with E-state index in [0.717, 1.165) is 38.5 Å². The quantitative estimate of drug-likeness (QED) is 0.163. The number of hydrogen-bond donors (Lipinski definition) is 8. The van der Waals surface area contributed by atoms with E-state index in [-0.39, 0.29) is 58.2 Å². The standard InChI is InChI=1S/C42H70O14/c1-36(2)25(55-35-31(51-8)27(46)21(45)18-52-35)10-12-42-19-41(42)14-13-38(5)32(40(7)11-9-26(56-40)37(3,4)50)20(44)16-39(38,6)24(41)15-22(33(36)42)53-34-30(49)29(48)28(47)23(17-43)54-34/h20-35,43-50H,9-19H2,1-8H3/t20-,21+,22-,23+,24-,25-,26-,27-,28+,29-,30+,31+,32-,33-,34+,35-,38+,39-,40+,41-,42+/m0/s1. The van der Waals surface area contributed by atoms with Crippen LogP contribution in [-0.4, -0.2) is 152 Å². The van der Waals surface area contributed by atoms with Gasteiger partial charge in [0, 0.05) is 13.0 Å². The van der Waals surface area contributed by atoms with Crippen LogP contribution >= 0.6 is 0 Å². The Labute approximate surface area is 331 Å². The SMILES string of the molecule is CO[C@H]1[C@H](O[C@H]2CC[C@]34C[C@]35CC[C@]3(C)[C@@H]([C@@]6(C)CC[C@@H](C(C)(C)O)O6)[C@@H](O)C[C@@]3(C)[C@@H]5C[C@H](O[C@@H]3O[C@H](CO)[C@@H](O)[C@H](O)[C@H]3O)[C@H]4C2(C)C)OC[C@@H](O)[C@@H]1O. The van der Waals surface area contributed by atoms with Crippen LogP contribution in [0.4, 0.5) is 0 Å². The third-order valence-corrected chi connectivity index (χ3v) is 17.9. The highest BCUT2D eigenvalue weighted by atomic mass is 16.7. The van der Waals surface area contributed by atoms with Crippen LogP contribution in [0.2, 0.25) is 0 Å². The fourth-order valence-corrected chi connectivity index (χ4v) is 15.1. The first-order valence-corrected chi connectivity index (χ1v) is 21.3. The molecule has 0 amide bonds. The first-order chi connectivity index (χ1) is 26.0. The number of methoxy groups -OCH3 is 1. The summed E-state index contributed by atoms with van der Waals surface area (Å²) in [6.07, 6.45) is -5.90. The minimum atomic E-state index is -1.59. The number of aliphatic hydroxyl groups is 8. The second-order valence-electron chi connectivity index (χ2n) is 21.3. The predicted molar refractivity (Wildman–Crippen MR) is 199 cm³/mol. The fourth-order valence-electron chi connectivity index (χ4n) is 15.1. The van der Waals surface area contributed by atoms with Crippen molar-refractivity contribution in [1.82, 2.24) is 0 Å². The first kappa shape index (κ1) is 42.1. The van der Waals surface area contributed by atoms with Crippen molar-refractivity contribution in [1.29, 1.82) is 0 Å². The Morgan fingerprint density at radius 3 is 2.11 bits per heavy atom. The van der Waals surface area contributed by atoms with Crippen LogP contribution < -0.4 is 0 Å². The van der Waals surface area contributed by atoms with Gasteiger partial charge >= 0.3 is 0 Å². The topological polar surface area (TPSA) is 217 Å². The van der Waals surface area contributed by atoms with Crippen LogP contribution in [0, 0.1) is 44.8 Å². The average Bonchev–Trinajstić information content (AvgIpc) is 3.49. The molecule has 5 saturated carbocycles. The van der Waals surface area contributed by atoms with Gasteiger partial charge in [0.25, 0.3) is 0 Å². The summed E-state index contributed by atoms with van der Waals surface area (Å²) in [6, 6.07) is 0. The van der Waals surface area contributed by atoms with Gasteiger partial charge in [-0.3, -0.25) is 0 Å². The molecule has 0 aromatic rings. The van der Waals surface area contributed by atoms with Crippen LogP contribution in [0.25, 0.3) is 0 Å². The van der Waals surface area contributed by atoms with Gasteiger partial charge < -0.3 is 69.3 Å². The van der Waals surface area contributed by atoms with Crippen LogP contribution in [0.15, 0.2) is 0 Å². The summed E-state index contributed by atoms with van der Waals surface area (Å²) in [5.74, 6) is -0.143. The van der Waals surface area contributed by atoms with Crippen LogP contribution in [-0.2, 0) is 28.4 Å². The number of ether oxygens (including phenoxy) is 6. The van der Waals surface area contributed by atoms with Crippen molar-refractivity contribution in [3.8, 4) is 0 Å². The zero-order valence-electron chi connectivity index (χ0n) is 34.5. The molecule has 0 aromatic heterocycles. The molecule has 3 heterocycles. The maximum Gasteiger partial charge on any atom is 0.186 e. The first-order valence-electron chi connectivity index (χ1n) is 21.3.